The van der Waals surface area contributed by atoms with Gasteiger partial charge in [-0.15, -0.1) is 0 Å². The van der Waals surface area contributed by atoms with E-state index >= 15 is 0 Å². The lowest BCUT2D eigenvalue weighted by atomic mass is 9.79. The number of hydrogen-bond donors (Lipinski definition) is 0. The lowest BCUT2D eigenvalue weighted by molar-refractivity contribution is 0.551. The second-order valence-corrected chi connectivity index (χ2v) is 7.31. The Labute approximate surface area is 157 Å². The first-order chi connectivity index (χ1) is 10.0. The molecule has 0 spiro atoms. The van der Waals surface area contributed by atoms with Crippen LogP contribution in [0.5, 0.6) is 0 Å². The maximum absolute atomic E-state index is 6.40. The number of halogens is 5. The largest absolute Gasteiger partial charge is 0.0918 e. The third-order valence-corrected chi connectivity index (χ3v) is 6.56. The molecule has 112 valence electrons. The summed E-state index contributed by atoms with van der Waals surface area (Å²) in [5.41, 5.74) is 1.99. The van der Waals surface area contributed by atoms with Gasteiger partial charge in [-0.25, -0.2) is 0 Å². The Morgan fingerprint density at radius 3 is 2.10 bits per heavy atom. The summed E-state index contributed by atoms with van der Waals surface area (Å²) in [4.78, 5) is 0. The summed E-state index contributed by atoms with van der Waals surface area (Å²) in [6, 6.07) is 13.5. The number of alkyl halides is 2. The molecule has 21 heavy (non-hydrogen) atoms. The van der Waals surface area contributed by atoms with E-state index in [9.17, 15) is 0 Å². The van der Waals surface area contributed by atoms with E-state index in [0.29, 0.717) is 10.0 Å². The van der Waals surface area contributed by atoms with Crippen molar-refractivity contribution < 1.29 is 0 Å². The van der Waals surface area contributed by atoms with Crippen molar-refractivity contribution in [2.24, 2.45) is 0 Å². The Bertz CT molecular complexity index is 625. The maximum Gasteiger partial charge on any atom is 0.0453 e. The van der Waals surface area contributed by atoms with E-state index in [0.717, 1.165) is 33.2 Å². The van der Waals surface area contributed by atoms with Gasteiger partial charge >= 0.3 is 0 Å². The molecular weight excluding hydrogens is 458 g/mol. The van der Waals surface area contributed by atoms with Gasteiger partial charge in [-0.3, -0.25) is 0 Å². The van der Waals surface area contributed by atoms with Crippen molar-refractivity contribution in [3.8, 4) is 0 Å². The molecule has 0 fully saturated rings. The van der Waals surface area contributed by atoms with Gasteiger partial charge in [0.2, 0.25) is 0 Å². The Morgan fingerprint density at radius 2 is 1.52 bits per heavy atom. The van der Waals surface area contributed by atoms with Gasteiger partial charge in [0.25, 0.3) is 0 Å². The minimum absolute atomic E-state index is 0.171. The SMILES string of the molecule is Clc1ccc(CC(CBr)(CBr)c2ccccc2Cl)c(Cl)c1. The molecule has 0 unspecified atom stereocenters. The molecule has 0 N–H and O–H groups in total. The van der Waals surface area contributed by atoms with Gasteiger partial charge in [0, 0.05) is 31.1 Å². The number of rotatable bonds is 5. The van der Waals surface area contributed by atoms with Crippen LogP contribution in [0.4, 0.5) is 0 Å². The van der Waals surface area contributed by atoms with Gasteiger partial charge in [-0.05, 0) is 35.7 Å². The molecule has 2 rings (SSSR count). The molecule has 0 nitrogen and oxygen atoms in total. The minimum Gasteiger partial charge on any atom is -0.0918 e. The molecule has 0 aliphatic rings. The molecule has 0 radical (unpaired) electrons. The third-order valence-electron chi connectivity index (χ3n) is 3.50. The quantitative estimate of drug-likeness (QED) is 0.416. The van der Waals surface area contributed by atoms with Gasteiger partial charge in [0.15, 0.2) is 0 Å². The number of benzene rings is 2. The molecular formula is C16H13Br2Cl3. The van der Waals surface area contributed by atoms with Crippen molar-refractivity contribution in [2.45, 2.75) is 11.8 Å². The van der Waals surface area contributed by atoms with Crippen molar-refractivity contribution in [1.29, 1.82) is 0 Å². The van der Waals surface area contributed by atoms with Gasteiger partial charge in [-0.1, -0.05) is 90.9 Å². The molecule has 0 heterocycles. The van der Waals surface area contributed by atoms with Crippen LogP contribution in [0.25, 0.3) is 0 Å². The summed E-state index contributed by atoms with van der Waals surface area (Å²) in [7, 11) is 0. The van der Waals surface area contributed by atoms with Crippen molar-refractivity contribution in [2.75, 3.05) is 10.7 Å². The molecule has 2 aromatic carbocycles. The fraction of sp³-hybridized carbons (Fsp3) is 0.250. The monoisotopic (exact) mass is 468 g/mol. The van der Waals surface area contributed by atoms with E-state index in [1.54, 1.807) is 6.07 Å². The summed E-state index contributed by atoms with van der Waals surface area (Å²) in [6.45, 7) is 0. The minimum atomic E-state index is -0.171. The van der Waals surface area contributed by atoms with E-state index in [2.05, 4.69) is 37.9 Å². The highest BCUT2D eigenvalue weighted by Gasteiger charge is 2.33. The van der Waals surface area contributed by atoms with Gasteiger partial charge in [-0.2, -0.15) is 0 Å². The predicted molar refractivity (Wildman–Crippen MR) is 101 cm³/mol. The lowest BCUT2D eigenvalue weighted by Crippen LogP contribution is -2.33. The van der Waals surface area contributed by atoms with E-state index in [1.165, 1.54) is 0 Å². The average molecular weight is 471 g/mol. The van der Waals surface area contributed by atoms with E-state index in [4.69, 9.17) is 34.8 Å². The fourth-order valence-electron chi connectivity index (χ4n) is 2.29. The first kappa shape index (κ1) is 17.6. The first-order valence-corrected chi connectivity index (χ1v) is 9.71. The topological polar surface area (TPSA) is 0 Å². The van der Waals surface area contributed by atoms with Gasteiger partial charge in [0.05, 0.1) is 0 Å². The fourth-order valence-corrected chi connectivity index (χ4v) is 5.03. The molecule has 5 heteroatoms. The van der Waals surface area contributed by atoms with E-state index in [1.807, 2.05) is 30.3 Å². The predicted octanol–water partition coefficient (Wildman–Crippen LogP) is 6.92. The summed E-state index contributed by atoms with van der Waals surface area (Å²) in [5, 5.41) is 3.63. The standard InChI is InChI=1S/C16H13Br2Cl3/c17-9-16(10-18,13-3-1-2-4-14(13)20)8-11-5-6-12(19)7-15(11)21/h1-7H,8-10H2. The summed E-state index contributed by atoms with van der Waals surface area (Å²) in [5.74, 6) is 0. The normalized spacial score (nSPS) is 11.7. The summed E-state index contributed by atoms with van der Waals surface area (Å²) >= 11 is 26.0. The van der Waals surface area contributed by atoms with Crippen LogP contribution in [-0.2, 0) is 11.8 Å². The summed E-state index contributed by atoms with van der Waals surface area (Å²) in [6.07, 6.45) is 0.767. The molecule has 0 aliphatic carbocycles. The van der Waals surface area contributed by atoms with Crippen LogP contribution in [-0.4, -0.2) is 10.7 Å². The van der Waals surface area contributed by atoms with Crippen LogP contribution in [0.1, 0.15) is 11.1 Å². The lowest BCUT2D eigenvalue weighted by Gasteiger charge is -2.32. The molecule has 0 aliphatic heterocycles. The van der Waals surface area contributed by atoms with Crippen molar-refractivity contribution in [1.82, 2.24) is 0 Å². The Kier molecular flexibility index (Phi) is 6.46. The van der Waals surface area contributed by atoms with E-state index in [-0.39, 0.29) is 5.41 Å². The van der Waals surface area contributed by atoms with Crippen LogP contribution < -0.4 is 0 Å². The Morgan fingerprint density at radius 1 is 0.857 bits per heavy atom. The van der Waals surface area contributed by atoms with Crippen LogP contribution >= 0.6 is 66.7 Å². The molecule has 0 amide bonds. The Balaban J connectivity index is 2.46. The highest BCUT2D eigenvalue weighted by atomic mass is 79.9. The highest BCUT2D eigenvalue weighted by molar-refractivity contribution is 9.09. The van der Waals surface area contributed by atoms with Crippen LogP contribution in [0.2, 0.25) is 15.1 Å². The van der Waals surface area contributed by atoms with Crippen LogP contribution in [0.15, 0.2) is 42.5 Å². The van der Waals surface area contributed by atoms with Gasteiger partial charge in [0.1, 0.15) is 0 Å². The zero-order chi connectivity index (χ0) is 15.5. The van der Waals surface area contributed by atoms with Crippen molar-refractivity contribution in [3.05, 3.63) is 68.7 Å². The van der Waals surface area contributed by atoms with Crippen molar-refractivity contribution in [3.63, 3.8) is 0 Å². The van der Waals surface area contributed by atoms with E-state index < -0.39 is 0 Å². The number of hydrogen-bond acceptors (Lipinski definition) is 0. The second kappa shape index (κ2) is 7.70. The van der Waals surface area contributed by atoms with Crippen LogP contribution in [0, 0.1) is 0 Å². The molecule has 0 saturated carbocycles. The zero-order valence-corrected chi connectivity index (χ0v) is 16.5. The smallest absolute Gasteiger partial charge is 0.0453 e. The zero-order valence-electron chi connectivity index (χ0n) is 11.1. The van der Waals surface area contributed by atoms with Crippen LogP contribution in [0.3, 0.4) is 0 Å². The molecule has 0 aromatic heterocycles. The first-order valence-electron chi connectivity index (χ1n) is 6.33. The molecule has 2 aromatic rings. The second-order valence-electron chi connectivity index (χ2n) is 4.94. The van der Waals surface area contributed by atoms with Gasteiger partial charge < -0.3 is 0 Å². The molecule has 0 bridgehead atoms. The Hall–Kier alpha value is 0.270. The molecule has 0 saturated heterocycles. The highest BCUT2D eigenvalue weighted by Crippen LogP contribution is 2.38. The third kappa shape index (κ3) is 3.97. The average Bonchev–Trinajstić information content (AvgIpc) is 2.48. The van der Waals surface area contributed by atoms with Crippen molar-refractivity contribution >= 4 is 66.7 Å². The molecule has 0 atom stereocenters. The maximum atomic E-state index is 6.40. The summed E-state index contributed by atoms with van der Waals surface area (Å²) < 4.78 is 0.